The Hall–Kier alpha value is -3.51. The maximum atomic E-state index is 12.4. The van der Waals surface area contributed by atoms with E-state index in [1.165, 1.54) is 12.4 Å². The first-order chi connectivity index (χ1) is 14.3. The summed E-state index contributed by atoms with van der Waals surface area (Å²) in [5, 5.41) is 21.1. The minimum absolute atomic E-state index is 0.132. The van der Waals surface area contributed by atoms with Crippen molar-refractivity contribution in [1.29, 1.82) is 0 Å². The van der Waals surface area contributed by atoms with Gasteiger partial charge in [-0.25, -0.2) is 5.48 Å². The maximum Gasteiger partial charge on any atom is 0.249 e. The van der Waals surface area contributed by atoms with E-state index < -0.39 is 17.9 Å². The van der Waals surface area contributed by atoms with Gasteiger partial charge in [0.1, 0.15) is 0 Å². The number of carbonyl (C=O) groups is 3. The number of ketones is 1. The second-order valence-corrected chi connectivity index (χ2v) is 6.58. The molecule has 2 amide bonds. The number of Topliss-reactive ketones (excluding diaryl/α,β-unsaturated/α-hetero) is 1. The number of nitrogens with one attached hydrogen (secondary N) is 2. The zero-order chi connectivity index (χ0) is 22.1. The summed E-state index contributed by atoms with van der Waals surface area (Å²) in [4.78, 5) is 35.5. The minimum Gasteiger partial charge on any atom is -0.393 e. The van der Waals surface area contributed by atoms with Gasteiger partial charge in [-0.1, -0.05) is 36.1 Å². The number of rotatable bonds is 7. The molecule has 0 saturated carbocycles. The first-order valence-corrected chi connectivity index (χ1v) is 9.22. The predicted molar refractivity (Wildman–Crippen MR) is 111 cm³/mol. The molecule has 2 rings (SSSR count). The molecular formula is C22H23N3O5. The molecule has 0 saturated heterocycles. The average Bonchev–Trinajstić information content (AvgIpc) is 2.76. The number of nitrogens with two attached hydrogens (primary N) is 1. The summed E-state index contributed by atoms with van der Waals surface area (Å²) >= 11 is 0. The van der Waals surface area contributed by atoms with Gasteiger partial charge in [0.2, 0.25) is 11.8 Å². The van der Waals surface area contributed by atoms with Gasteiger partial charge in [0.15, 0.2) is 5.78 Å². The molecule has 8 heteroatoms. The fourth-order valence-corrected chi connectivity index (χ4v) is 2.66. The number of carbonyl (C=O) groups excluding carboxylic acids is 3. The van der Waals surface area contributed by atoms with Crippen LogP contribution < -0.4 is 16.5 Å². The number of amides is 2. The van der Waals surface area contributed by atoms with Gasteiger partial charge in [0.25, 0.3) is 0 Å². The van der Waals surface area contributed by atoms with Gasteiger partial charge in [-0.15, -0.1) is 0 Å². The van der Waals surface area contributed by atoms with Gasteiger partial charge in [0, 0.05) is 23.1 Å². The number of hydrogen-bond donors (Lipinski definition) is 5. The Morgan fingerprint density at radius 2 is 1.73 bits per heavy atom. The Balaban J connectivity index is 2.14. The normalized spacial score (nSPS) is 12.1. The van der Waals surface area contributed by atoms with Crippen LogP contribution in [-0.2, 0) is 9.59 Å². The monoisotopic (exact) mass is 409 g/mol. The van der Waals surface area contributed by atoms with Crippen LogP contribution >= 0.6 is 0 Å². The summed E-state index contributed by atoms with van der Waals surface area (Å²) in [6, 6.07) is 13.5. The lowest BCUT2D eigenvalue weighted by Gasteiger charge is -2.16. The lowest BCUT2D eigenvalue weighted by molar-refractivity contribution is -0.136. The molecule has 0 fully saturated rings. The van der Waals surface area contributed by atoms with E-state index in [1.54, 1.807) is 48.5 Å². The molecule has 2 aromatic rings. The molecule has 0 spiro atoms. The molecule has 0 bridgehead atoms. The van der Waals surface area contributed by atoms with Crippen LogP contribution in [0.15, 0.2) is 48.5 Å². The highest BCUT2D eigenvalue weighted by atomic mass is 16.5. The summed E-state index contributed by atoms with van der Waals surface area (Å²) in [7, 11) is 0. The van der Waals surface area contributed by atoms with E-state index in [9.17, 15) is 19.5 Å². The molecule has 6 N–H and O–H groups in total. The molecule has 0 unspecified atom stereocenters. The first kappa shape index (κ1) is 22.8. The zero-order valence-corrected chi connectivity index (χ0v) is 16.4. The molecule has 0 aliphatic rings. The van der Waals surface area contributed by atoms with Crippen molar-refractivity contribution in [3.05, 3.63) is 65.2 Å². The fourth-order valence-electron chi connectivity index (χ4n) is 2.66. The number of anilines is 1. The van der Waals surface area contributed by atoms with E-state index in [1.807, 2.05) is 0 Å². The van der Waals surface area contributed by atoms with Crippen LogP contribution in [-0.4, -0.2) is 40.6 Å². The lowest BCUT2D eigenvalue weighted by atomic mass is 9.93. The number of para-hydroxylation sites is 1. The topological polar surface area (TPSA) is 142 Å². The van der Waals surface area contributed by atoms with Crippen LogP contribution in [0.4, 0.5) is 5.69 Å². The van der Waals surface area contributed by atoms with Crippen molar-refractivity contribution < 1.29 is 24.7 Å². The number of aliphatic hydroxyl groups excluding tert-OH is 1. The quantitative estimate of drug-likeness (QED) is 0.200. The third kappa shape index (κ3) is 6.25. The van der Waals surface area contributed by atoms with Gasteiger partial charge in [-0.3, -0.25) is 19.6 Å². The van der Waals surface area contributed by atoms with Crippen LogP contribution in [0.2, 0.25) is 0 Å². The standard InChI is InChI=1S/C22H23N3O5/c1-14(26)18(22(29)25-30)12-20(27)17-10-7-15(8-11-17)6-9-16-4-2-3-5-19(16)24-21(28)13-23/h2-5,7-8,10-11,14,18,26,30H,12-13,23H2,1H3,(H,24,28)(H,25,29)/t14-,18-/m0/s1. The second kappa shape index (κ2) is 10.9. The summed E-state index contributed by atoms with van der Waals surface area (Å²) < 4.78 is 0. The Morgan fingerprint density at radius 1 is 1.07 bits per heavy atom. The van der Waals surface area contributed by atoms with Crippen molar-refractivity contribution in [2.75, 3.05) is 11.9 Å². The van der Waals surface area contributed by atoms with Crippen LogP contribution in [0.3, 0.4) is 0 Å². The van der Waals surface area contributed by atoms with E-state index in [0.717, 1.165) is 0 Å². The van der Waals surface area contributed by atoms with E-state index in [4.69, 9.17) is 10.9 Å². The molecule has 0 heterocycles. The highest BCUT2D eigenvalue weighted by Gasteiger charge is 2.26. The molecular weight excluding hydrogens is 386 g/mol. The number of benzene rings is 2. The zero-order valence-electron chi connectivity index (χ0n) is 16.4. The molecule has 8 nitrogen and oxygen atoms in total. The minimum atomic E-state index is -1.09. The van der Waals surface area contributed by atoms with Crippen LogP contribution in [0.5, 0.6) is 0 Å². The van der Waals surface area contributed by atoms with E-state index in [0.29, 0.717) is 22.4 Å². The van der Waals surface area contributed by atoms with Gasteiger partial charge >= 0.3 is 0 Å². The summed E-state index contributed by atoms with van der Waals surface area (Å²) in [6.07, 6.45) is -1.34. The Morgan fingerprint density at radius 3 is 2.33 bits per heavy atom. The van der Waals surface area contributed by atoms with Crippen molar-refractivity contribution in [2.24, 2.45) is 11.7 Å². The molecule has 2 atom stereocenters. The molecule has 0 radical (unpaired) electrons. The van der Waals surface area contributed by atoms with Crippen molar-refractivity contribution in [3.8, 4) is 11.8 Å². The van der Waals surface area contributed by atoms with Crippen molar-refractivity contribution >= 4 is 23.3 Å². The third-order valence-corrected chi connectivity index (χ3v) is 4.37. The first-order valence-electron chi connectivity index (χ1n) is 9.22. The molecule has 156 valence electrons. The predicted octanol–water partition coefficient (Wildman–Crippen LogP) is 1.06. The second-order valence-electron chi connectivity index (χ2n) is 6.58. The third-order valence-electron chi connectivity index (χ3n) is 4.37. The summed E-state index contributed by atoms with van der Waals surface area (Å²) in [6.45, 7) is 1.24. The summed E-state index contributed by atoms with van der Waals surface area (Å²) in [5.41, 5.74) is 8.96. The SMILES string of the molecule is C[C@H](O)[C@H](CC(=O)c1ccc(C#Cc2ccccc2NC(=O)CN)cc1)C(=O)NO. The van der Waals surface area contributed by atoms with Gasteiger partial charge in [0.05, 0.1) is 24.3 Å². The molecule has 0 aliphatic heterocycles. The number of hydrogen-bond acceptors (Lipinski definition) is 6. The van der Waals surface area contributed by atoms with Gasteiger partial charge < -0.3 is 16.2 Å². The van der Waals surface area contributed by atoms with E-state index >= 15 is 0 Å². The largest absolute Gasteiger partial charge is 0.393 e. The van der Waals surface area contributed by atoms with Crippen LogP contribution in [0.1, 0.15) is 34.8 Å². The van der Waals surface area contributed by atoms with Gasteiger partial charge in [-0.05, 0) is 31.2 Å². The lowest BCUT2D eigenvalue weighted by Crippen LogP contribution is -2.36. The number of aliphatic hydroxyl groups is 1. The Bertz CT molecular complexity index is 974. The van der Waals surface area contributed by atoms with Gasteiger partial charge in [-0.2, -0.15) is 0 Å². The fraction of sp³-hybridized carbons (Fsp3) is 0.227. The van der Waals surface area contributed by atoms with E-state index in [-0.39, 0.29) is 24.7 Å². The average molecular weight is 409 g/mol. The van der Waals surface area contributed by atoms with E-state index in [2.05, 4.69) is 17.2 Å². The molecule has 2 aromatic carbocycles. The maximum absolute atomic E-state index is 12.4. The highest BCUT2D eigenvalue weighted by Crippen LogP contribution is 2.16. The van der Waals surface area contributed by atoms with Crippen molar-refractivity contribution in [2.45, 2.75) is 19.4 Å². The van der Waals surface area contributed by atoms with Crippen molar-refractivity contribution in [1.82, 2.24) is 5.48 Å². The molecule has 30 heavy (non-hydrogen) atoms. The Labute approximate surface area is 174 Å². The number of hydroxylamine groups is 1. The highest BCUT2D eigenvalue weighted by molar-refractivity contribution is 5.98. The van der Waals surface area contributed by atoms with Crippen LogP contribution in [0.25, 0.3) is 0 Å². The smallest absolute Gasteiger partial charge is 0.249 e. The van der Waals surface area contributed by atoms with Crippen molar-refractivity contribution in [3.63, 3.8) is 0 Å². The molecule has 0 aliphatic carbocycles. The summed E-state index contributed by atoms with van der Waals surface area (Å²) in [5.74, 6) is 3.40. The molecule has 0 aromatic heterocycles. The Kier molecular flexibility index (Phi) is 8.26. The van der Waals surface area contributed by atoms with Crippen LogP contribution in [0, 0.1) is 17.8 Å².